The molecule has 0 saturated heterocycles. The molecule has 2 N–H and O–H groups in total. The van der Waals surface area contributed by atoms with Crippen LogP contribution in [0.4, 0.5) is 0 Å². The molecule has 0 aromatic heterocycles. The van der Waals surface area contributed by atoms with Crippen molar-refractivity contribution in [2.24, 2.45) is 5.73 Å². The first-order valence-corrected chi connectivity index (χ1v) is 6.57. The minimum absolute atomic E-state index is 0.411. The minimum Gasteiger partial charge on any atom is -0.468 e. The van der Waals surface area contributed by atoms with E-state index in [2.05, 4.69) is 10.8 Å². The molecule has 4 nitrogen and oxygen atoms in total. The molecule has 0 radical (unpaired) electrons. The number of carbonyl (C=O) groups is 1. The fourth-order valence-corrected chi connectivity index (χ4v) is 2.06. The van der Waals surface area contributed by atoms with Crippen molar-refractivity contribution >= 4 is 5.97 Å². The van der Waals surface area contributed by atoms with Crippen LogP contribution in [-0.4, -0.2) is 19.1 Å². The number of methoxy groups -OCH3 is 1. The van der Waals surface area contributed by atoms with E-state index in [9.17, 15) is 4.79 Å². The molecule has 0 fully saturated rings. The van der Waals surface area contributed by atoms with Crippen molar-refractivity contribution in [3.63, 3.8) is 0 Å². The van der Waals surface area contributed by atoms with Crippen LogP contribution in [0.1, 0.15) is 11.1 Å². The molecule has 0 saturated carbocycles. The number of benzene rings is 2. The van der Waals surface area contributed by atoms with E-state index in [1.807, 2.05) is 36.4 Å². The summed E-state index contributed by atoms with van der Waals surface area (Å²) in [4.78, 5) is 11.3. The molecule has 0 bridgehead atoms. The Morgan fingerprint density at radius 2 is 1.67 bits per heavy atom. The van der Waals surface area contributed by atoms with Crippen LogP contribution in [0.5, 0.6) is 0 Å². The highest BCUT2D eigenvalue weighted by atomic mass is 16.5. The molecule has 0 aliphatic carbocycles. The Balaban J connectivity index is 2.11. The van der Waals surface area contributed by atoms with Gasteiger partial charge < -0.3 is 10.5 Å². The van der Waals surface area contributed by atoms with Crippen LogP contribution in [0.2, 0.25) is 0 Å². The van der Waals surface area contributed by atoms with E-state index in [1.165, 1.54) is 7.11 Å². The summed E-state index contributed by atoms with van der Waals surface area (Å²) < 4.78 is 4.61. The average Bonchev–Trinajstić information content (AvgIpc) is 2.55. The minimum atomic E-state index is -0.643. The molecule has 0 unspecified atom stereocenters. The van der Waals surface area contributed by atoms with Crippen molar-refractivity contribution < 1.29 is 9.53 Å². The summed E-state index contributed by atoms with van der Waals surface area (Å²) >= 11 is 0. The summed E-state index contributed by atoms with van der Waals surface area (Å²) in [6.45, 7) is 0. The highest BCUT2D eigenvalue weighted by Gasteiger charge is 2.13. The first-order valence-electron chi connectivity index (χ1n) is 6.57. The van der Waals surface area contributed by atoms with Gasteiger partial charge in [-0.3, -0.25) is 4.79 Å². The predicted octanol–water partition coefficient (Wildman–Crippen LogP) is 2.27. The van der Waals surface area contributed by atoms with Gasteiger partial charge in [-0.1, -0.05) is 36.4 Å². The molecular weight excluding hydrogens is 264 g/mol. The average molecular weight is 280 g/mol. The van der Waals surface area contributed by atoms with Gasteiger partial charge in [0.1, 0.15) is 6.04 Å². The zero-order valence-corrected chi connectivity index (χ0v) is 11.7. The van der Waals surface area contributed by atoms with Gasteiger partial charge in [0.05, 0.1) is 18.7 Å². The van der Waals surface area contributed by atoms with E-state index in [1.54, 1.807) is 12.1 Å². The fourth-order valence-electron chi connectivity index (χ4n) is 2.06. The first-order chi connectivity index (χ1) is 10.1. The third-order valence-electron chi connectivity index (χ3n) is 3.26. The van der Waals surface area contributed by atoms with E-state index >= 15 is 0 Å². The topological polar surface area (TPSA) is 76.1 Å². The van der Waals surface area contributed by atoms with Crippen molar-refractivity contribution in [2.45, 2.75) is 12.5 Å². The van der Waals surface area contributed by atoms with Crippen LogP contribution < -0.4 is 5.73 Å². The molecule has 0 heterocycles. The predicted molar refractivity (Wildman–Crippen MR) is 80.3 cm³/mol. The van der Waals surface area contributed by atoms with Gasteiger partial charge in [0.2, 0.25) is 0 Å². The van der Waals surface area contributed by atoms with E-state index < -0.39 is 12.0 Å². The summed E-state index contributed by atoms with van der Waals surface area (Å²) in [5.74, 6) is -0.411. The smallest absolute Gasteiger partial charge is 0.322 e. The van der Waals surface area contributed by atoms with Crippen LogP contribution in [0.15, 0.2) is 48.5 Å². The van der Waals surface area contributed by atoms with Crippen molar-refractivity contribution in [3.8, 4) is 17.2 Å². The first kappa shape index (κ1) is 14.8. The van der Waals surface area contributed by atoms with E-state index in [0.717, 1.165) is 16.7 Å². The Kier molecular flexibility index (Phi) is 4.70. The maximum atomic E-state index is 11.3. The fraction of sp³-hybridized carbons (Fsp3) is 0.176. The van der Waals surface area contributed by atoms with Crippen molar-refractivity contribution in [3.05, 3.63) is 59.7 Å². The largest absolute Gasteiger partial charge is 0.468 e. The normalized spacial score (nSPS) is 11.5. The van der Waals surface area contributed by atoms with E-state index in [4.69, 9.17) is 11.0 Å². The second kappa shape index (κ2) is 6.69. The molecule has 2 aromatic rings. The maximum Gasteiger partial charge on any atom is 0.322 e. The van der Waals surface area contributed by atoms with Crippen LogP contribution in [0.25, 0.3) is 11.1 Å². The van der Waals surface area contributed by atoms with E-state index in [-0.39, 0.29) is 0 Å². The molecule has 2 rings (SSSR count). The van der Waals surface area contributed by atoms with Gasteiger partial charge in [0, 0.05) is 0 Å². The SMILES string of the molecule is COC(=O)[C@H](N)Cc1ccc(-c2ccc(C#N)cc2)cc1. The quantitative estimate of drug-likeness (QED) is 0.872. The third-order valence-corrected chi connectivity index (χ3v) is 3.26. The zero-order chi connectivity index (χ0) is 15.2. The summed E-state index contributed by atoms with van der Waals surface area (Å²) in [6.07, 6.45) is 0.445. The molecule has 0 spiro atoms. The van der Waals surface area contributed by atoms with Crippen LogP contribution >= 0.6 is 0 Å². The van der Waals surface area contributed by atoms with Crippen LogP contribution in [0.3, 0.4) is 0 Å². The Hall–Kier alpha value is -2.64. The number of hydrogen-bond donors (Lipinski definition) is 1. The maximum absolute atomic E-state index is 11.3. The number of ether oxygens (including phenoxy) is 1. The lowest BCUT2D eigenvalue weighted by Crippen LogP contribution is -2.33. The number of esters is 1. The Morgan fingerprint density at radius 3 is 2.14 bits per heavy atom. The van der Waals surface area contributed by atoms with Gasteiger partial charge in [-0.2, -0.15) is 5.26 Å². The lowest BCUT2D eigenvalue weighted by atomic mass is 10.0. The number of hydrogen-bond acceptors (Lipinski definition) is 4. The molecular formula is C17H16N2O2. The van der Waals surface area contributed by atoms with Gasteiger partial charge in [0.25, 0.3) is 0 Å². The highest BCUT2D eigenvalue weighted by molar-refractivity contribution is 5.75. The Bertz CT molecular complexity index is 655. The van der Waals surface area contributed by atoms with E-state index in [0.29, 0.717) is 12.0 Å². The number of nitrogens with zero attached hydrogens (tertiary/aromatic N) is 1. The second-order valence-electron chi connectivity index (χ2n) is 4.72. The molecule has 1 atom stereocenters. The molecule has 21 heavy (non-hydrogen) atoms. The van der Waals surface area contributed by atoms with Crippen molar-refractivity contribution in [1.29, 1.82) is 5.26 Å². The van der Waals surface area contributed by atoms with Gasteiger partial charge >= 0.3 is 5.97 Å². The number of carbonyl (C=O) groups excluding carboxylic acids is 1. The summed E-state index contributed by atoms with van der Waals surface area (Å²) in [6, 6.07) is 16.7. The Labute approximate surface area is 123 Å². The Morgan fingerprint density at radius 1 is 1.14 bits per heavy atom. The number of nitriles is 1. The molecule has 2 aromatic carbocycles. The van der Waals surface area contributed by atoms with Gasteiger partial charge in [-0.25, -0.2) is 0 Å². The van der Waals surface area contributed by atoms with Gasteiger partial charge in [-0.05, 0) is 35.2 Å². The summed E-state index contributed by atoms with van der Waals surface area (Å²) in [7, 11) is 1.33. The lowest BCUT2D eigenvalue weighted by molar-refractivity contribution is -0.142. The molecule has 0 amide bonds. The second-order valence-corrected chi connectivity index (χ2v) is 4.72. The van der Waals surface area contributed by atoms with Crippen molar-refractivity contribution in [2.75, 3.05) is 7.11 Å². The monoisotopic (exact) mass is 280 g/mol. The lowest BCUT2D eigenvalue weighted by Gasteiger charge is -2.10. The molecule has 106 valence electrons. The number of rotatable bonds is 4. The molecule has 0 aliphatic rings. The van der Waals surface area contributed by atoms with Gasteiger partial charge in [-0.15, -0.1) is 0 Å². The molecule has 0 aliphatic heterocycles. The number of nitrogens with two attached hydrogens (primary N) is 1. The standard InChI is InChI=1S/C17H16N2O2/c1-21-17(20)16(19)10-12-2-6-14(7-3-12)15-8-4-13(11-18)5-9-15/h2-9,16H,10,19H2,1H3/t16-/m1/s1. The zero-order valence-electron chi connectivity index (χ0n) is 11.7. The summed E-state index contributed by atoms with van der Waals surface area (Å²) in [5.41, 5.74) is 9.44. The summed E-state index contributed by atoms with van der Waals surface area (Å²) in [5, 5.41) is 8.78. The highest BCUT2D eigenvalue weighted by Crippen LogP contribution is 2.20. The third kappa shape index (κ3) is 3.68. The van der Waals surface area contributed by atoms with Gasteiger partial charge in [0.15, 0.2) is 0 Å². The van der Waals surface area contributed by atoms with Crippen molar-refractivity contribution in [1.82, 2.24) is 0 Å². The van der Waals surface area contributed by atoms with Crippen LogP contribution in [0, 0.1) is 11.3 Å². The van der Waals surface area contributed by atoms with Crippen LogP contribution in [-0.2, 0) is 16.0 Å². The molecule has 4 heteroatoms.